The van der Waals surface area contributed by atoms with Crippen LogP contribution in [0.3, 0.4) is 0 Å². The summed E-state index contributed by atoms with van der Waals surface area (Å²) >= 11 is 6.26. The summed E-state index contributed by atoms with van der Waals surface area (Å²) in [5, 5.41) is 0.212. The Bertz CT molecular complexity index is 169. The highest BCUT2D eigenvalue weighted by molar-refractivity contribution is 6.21. The van der Waals surface area contributed by atoms with Crippen molar-refractivity contribution in [2.45, 2.75) is 39.0 Å². The Hall–Kier alpha value is 0.170. The van der Waals surface area contributed by atoms with Crippen LogP contribution in [0.1, 0.15) is 33.6 Å². The van der Waals surface area contributed by atoms with Crippen LogP contribution < -0.4 is 0 Å². The lowest BCUT2D eigenvalue weighted by molar-refractivity contribution is 0.0237. The summed E-state index contributed by atoms with van der Waals surface area (Å²) < 4.78 is 15.6. The Labute approximate surface area is 111 Å². The van der Waals surface area contributed by atoms with Gasteiger partial charge in [-0.3, -0.25) is 0 Å². The van der Waals surface area contributed by atoms with Crippen molar-refractivity contribution in [3.8, 4) is 0 Å². The molecule has 3 nitrogen and oxygen atoms in total. The summed E-state index contributed by atoms with van der Waals surface area (Å²) in [6, 6.07) is 0. The summed E-state index contributed by atoms with van der Waals surface area (Å²) in [4.78, 5) is 0. The van der Waals surface area contributed by atoms with Crippen LogP contribution in [0.25, 0.3) is 0 Å². The highest BCUT2D eigenvalue weighted by Gasteiger charge is 2.21. The molecule has 1 atom stereocenters. The summed E-state index contributed by atoms with van der Waals surface area (Å²) in [5.41, 5.74) is 0.171. The molecule has 4 heteroatoms. The number of hydrogen-bond acceptors (Lipinski definition) is 3. The van der Waals surface area contributed by atoms with Gasteiger partial charge in [-0.05, 0) is 18.3 Å². The molecule has 0 aromatic carbocycles. The Morgan fingerprint density at radius 2 is 1.47 bits per heavy atom. The zero-order chi connectivity index (χ0) is 13.1. The third-order valence-electron chi connectivity index (χ3n) is 2.49. The molecule has 104 valence electrons. The number of methoxy groups -OCH3 is 1. The van der Waals surface area contributed by atoms with Crippen molar-refractivity contribution in [2.75, 3.05) is 40.1 Å². The molecule has 0 aromatic rings. The minimum Gasteiger partial charge on any atom is -0.382 e. The molecule has 0 N–H and O–H groups in total. The second-order valence-electron chi connectivity index (χ2n) is 5.19. The molecule has 0 radical (unpaired) electrons. The number of alkyl halides is 1. The molecule has 0 aliphatic carbocycles. The van der Waals surface area contributed by atoms with E-state index in [4.69, 9.17) is 25.8 Å². The minimum atomic E-state index is 0.171. The first-order valence-corrected chi connectivity index (χ1v) is 6.70. The van der Waals surface area contributed by atoms with Gasteiger partial charge in [0.2, 0.25) is 0 Å². The molecule has 0 aliphatic rings. The van der Waals surface area contributed by atoms with Gasteiger partial charge in [0.25, 0.3) is 0 Å². The lowest BCUT2D eigenvalue weighted by atomic mass is 9.89. The predicted molar refractivity (Wildman–Crippen MR) is 71.8 cm³/mol. The smallest absolute Gasteiger partial charge is 0.0701 e. The first-order chi connectivity index (χ1) is 7.98. The van der Waals surface area contributed by atoms with E-state index in [0.717, 1.165) is 19.4 Å². The molecule has 0 aliphatic heterocycles. The molecule has 17 heavy (non-hydrogen) atoms. The average molecular weight is 267 g/mol. The Kier molecular flexibility index (Phi) is 10.2. The fourth-order valence-corrected chi connectivity index (χ4v) is 1.42. The summed E-state index contributed by atoms with van der Waals surface area (Å²) in [6.45, 7) is 9.79. The number of halogens is 1. The highest BCUT2D eigenvalue weighted by atomic mass is 35.5. The quantitative estimate of drug-likeness (QED) is 0.449. The Morgan fingerprint density at radius 1 is 0.941 bits per heavy atom. The molecule has 0 fully saturated rings. The third-order valence-corrected chi connectivity index (χ3v) is 3.36. The molecule has 0 bridgehead atoms. The monoisotopic (exact) mass is 266 g/mol. The van der Waals surface area contributed by atoms with Crippen LogP contribution in [-0.2, 0) is 14.2 Å². The van der Waals surface area contributed by atoms with Crippen molar-refractivity contribution < 1.29 is 14.2 Å². The van der Waals surface area contributed by atoms with E-state index in [1.165, 1.54) is 0 Å². The highest BCUT2D eigenvalue weighted by Crippen LogP contribution is 2.27. The van der Waals surface area contributed by atoms with Crippen molar-refractivity contribution in [3.63, 3.8) is 0 Å². The van der Waals surface area contributed by atoms with E-state index in [2.05, 4.69) is 20.8 Å². The molecule has 0 heterocycles. The van der Waals surface area contributed by atoms with E-state index >= 15 is 0 Å². The van der Waals surface area contributed by atoms with Gasteiger partial charge < -0.3 is 14.2 Å². The van der Waals surface area contributed by atoms with Gasteiger partial charge in [0.1, 0.15) is 0 Å². The predicted octanol–water partition coefficient (Wildman–Crippen LogP) is 3.10. The summed E-state index contributed by atoms with van der Waals surface area (Å²) in [5.74, 6) is 0. The standard InChI is InChI=1S/C13H27ClO3/c1-13(2,3)12(14)6-5-7-16-10-11-17-9-8-15-4/h12H,5-11H2,1-4H3. The maximum atomic E-state index is 6.26. The van der Waals surface area contributed by atoms with Crippen molar-refractivity contribution in [1.82, 2.24) is 0 Å². The Balaban J connectivity index is 3.19. The summed E-state index contributed by atoms with van der Waals surface area (Å²) in [6.07, 6.45) is 2.00. The molecule has 0 saturated heterocycles. The molecule has 1 unspecified atom stereocenters. The van der Waals surface area contributed by atoms with Crippen molar-refractivity contribution >= 4 is 11.6 Å². The van der Waals surface area contributed by atoms with Crippen LogP contribution in [-0.4, -0.2) is 45.5 Å². The van der Waals surface area contributed by atoms with Gasteiger partial charge in [0.15, 0.2) is 0 Å². The number of hydrogen-bond donors (Lipinski definition) is 0. The SMILES string of the molecule is COCCOCCOCCCC(Cl)C(C)(C)C. The lowest BCUT2D eigenvalue weighted by Gasteiger charge is -2.24. The lowest BCUT2D eigenvalue weighted by Crippen LogP contribution is -2.21. The Morgan fingerprint density at radius 3 is 2.00 bits per heavy atom. The third kappa shape index (κ3) is 11.0. The van der Waals surface area contributed by atoms with E-state index < -0.39 is 0 Å². The van der Waals surface area contributed by atoms with Crippen LogP contribution in [0.15, 0.2) is 0 Å². The maximum absolute atomic E-state index is 6.26. The van der Waals surface area contributed by atoms with Gasteiger partial charge in [-0.25, -0.2) is 0 Å². The second-order valence-corrected chi connectivity index (χ2v) is 5.72. The molecule has 0 rings (SSSR count). The maximum Gasteiger partial charge on any atom is 0.0701 e. The van der Waals surface area contributed by atoms with Crippen LogP contribution >= 0.6 is 11.6 Å². The first kappa shape index (κ1) is 17.2. The van der Waals surface area contributed by atoms with E-state index in [1.54, 1.807) is 7.11 Å². The van der Waals surface area contributed by atoms with Crippen LogP contribution in [0.4, 0.5) is 0 Å². The largest absolute Gasteiger partial charge is 0.382 e. The van der Waals surface area contributed by atoms with Crippen LogP contribution in [0, 0.1) is 5.41 Å². The van der Waals surface area contributed by atoms with Crippen molar-refractivity contribution in [1.29, 1.82) is 0 Å². The van der Waals surface area contributed by atoms with Crippen molar-refractivity contribution in [3.05, 3.63) is 0 Å². The molecular formula is C13H27ClO3. The molecule has 0 spiro atoms. The molecule has 0 amide bonds. The van der Waals surface area contributed by atoms with E-state index in [1.807, 2.05) is 0 Å². The van der Waals surface area contributed by atoms with Gasteiger partial charge in [-0.1, -0.05) is 20.8 Å². The van der Waals surface area contributed by atoms with Gasteiger partial charge in [0.05, 0.1) is 26.4 Å². The molecule has 0 saturated carbocycles. The fourth-order valence-electron chi connectivity index (χ4n) is 1.26. The number of rotatable bonds is 10. The number of ether oxygens (including phenoxy) is 3. The normalized spacial score (nSPS) is 13.9. The molecular weight excluding hydrogens is 240 g/mol. The van der Waals surface area contributed by atoms with E-state index in [0.29, 0.717) is 26.4 Å². The van der Waals surface area contributed by atoms with E-state index in [9.17, 15) is 0 Å². The van der Waals surface area contributed by atoms with Gasteiger partial charge >= 0.3 is 0 Å². The van der Waals surface area contributed by atoms with Gasteiger partial charge in [-0.2, -0.15) is 0 Å². The summed E-state index contributed by atoms with van der Waals surface area (Å²) in [7, 11) is 1.66. The average Bonchev–Trinajstić information content (AvgIpc) is 2.25. The fraction of sp³-hybridized carbons (Fsp3) is 1.00. The van der Waals surface area contributed by atoms with Crippen LogP contribution in [0.5, 0.6) is 0 Å². The molecule has 0 aromatic heterocycles. The van der Waals surface area contributed by atoms with Gasteiger partial charge in [0, 0.05) is 19.1 Å². The minimum absolute atomic E-state index is 0.171. The zero-order valence-corrected chi connectivity index (χ0v) is 12.4. The first-order valence-electron chi connectivity index (χ1n) is 6.27. The van der Waals surface area contributed by atoms with E-state index in [-0.39, 0.29) is 10.8 Å². The van der Waals surface area contributed by atoms with Gasteiger partial charge in [-0.15, -0.1) is 11.6 Å². The van der Waals surface area contributed by atoms with Crippen LogP contribution in [0.2, 0.25) is 0 Å². The second kappa shape index (κ2) is 10.1. The topological polar surface area (TPSA) is 27.7 Å². The van der Waals surface area contributed by atoms with Crippen molar-refractivity contribution in [2.24, 2.45) is 5.41 Å². The zero-order valence-electron chi connectivity index (χ0n) is 11.6.